The molecule has 0 amide bonds. The van der Waals surface area contributed by atoms with Gasteiger partial charge < -0.3 is 4.90 Å². The van der Waals surface area contributed by atoms with E-state index in [1.165, 1.54) is 12.8 Å². The minimum atomic E-state index is -3.67. The van der Waals surface area contributed by atoms with Crippen LogP contribution in [0.3, 0.4) is 0 Å². The highest BCUT2D eigenvalue weighted by molar-refractivity contribution is 7.92. The van der Waals surface area contributed by atoms with E-state index in [-0.39, 0.29) is 4.90 Å². The maximum Gasteiger partial charge on any atom is 0.261 e. The van der Waals surface area contributed by atoms with Crippen molar-refractivity contribution in [1.29, 1.82) is 0 Å². The number of aryl methyl sites for hydroxylation is 2. The molecule has 0 atom stereocenters. The summed E-state index contributed by atoms with van der Waals surface area (Å²) < 4.78 is 28.3. The summed E-state index contributed by atoms with van der Waals surface area (Å²) in [6, 6.07) is 16.4. The second kappa shape index (κ2) is 7.83. The van der Waals surface area contributed by atoms with Crippen LogP contribution < -0.4 is 9.62 Å². The Morgan fingerprint density at radius 3 is 2.28 bits per heavy atom. The molecule has 1 aliphatic heterocycles. The molecular formula is C22H24N4O2S. The summed E-state index contributed by atoms with van der Waals surface area (Å²) in [4.78, 5) is 2.49. The molecule has 29 heavy (non-hydrogen) atoms. The minimum Gasteiger partial charge on any atom is -0.355 e. The van der Waals surface area contributed by atoms with Gasteiger partial charge in [0.25, 0.3) is 10.0 Å². The van der Waals surface area contributed by atoms with E-state index in [4.69, 9.17) is 0 Å². The fourth-order valence-corrected chi connectivity index (χ4v) is 4.88. The lowest BCUT2D eigenvalue weighted by Gasteiger charge is -2.15. The van der Waals surface area contributed by atoms with Crippen LogP contribution in [-0.4, -0.2) is 31.7 Å². The molecule has 1 N–H and O–H groups in total. The van der Waals surface area contributed by atoms with Crippen LogP contribution in [0.1, 0.15) is 24.0 Å². The Bertz CT molecular complexity index is 1100. The molecule has 2 aromatic carbocycles. The second-order valence-electron chi connectivity index (χ2n) is 7.48. The summed E-state index contributed by atoms with van der Waals surface area (Å²) >= 11 is 0. The lowest BCUT2D eigenvalue weighted by Crippen LogP contribution is -2.19. The third-order valence-corrected chi connectivity index (χ3v) is 6.36. The van der Waals surface area contributed by atoms with Crippen molar-refractivity contribution in [3.05, 3.63) is 65.7 Å². The molecule has 0 unspecified atom stereocenters. The third kappa shape index (κ3) is 4.40. The predicted octanol–water partition coefficient (Wildman–Crippen LogP) is 4.16. The van der Waals surface area contributed by atoms with Crippen LogP contribution in [0.5, 0.6) is 0 Å². The van der Waals surface area contributed by atoms with Crippen LogP contribution in [0.15, 0.2) is 59.5 Å². The van der Waals surface area contributed by atoms with Crippen LogP contribution in [-0.2, 0) is 10.0 Å². The summed E-state index contributed by atoms with van der Waals surface area (Å²) in [5, 5.41) is 8.69. The molecule has 150 valence electrons. The van der Waals surface area contributed by atoms with Crippen LogP contribution >= 0.6 is 0 Å². The van der Waals surface area contributed by atoms with E-state index in [9.17, 15) is 8.42 Å². The van der Waals surface area contributed by atoms with Gasteiger partial charge in [0, 0.05) is 24.3 Å². The van der Waals surface area contributed by atoms with Gasteiger partial charge in [0.1, 0.15) is 0 Å². The highest BCUT2D eigenvalue weighted by Gasteiger charge is 2.16. The normalized spacial score (nSPS) is 14.2. The van der Waals surface area contributed by atoms with Gasteiger partial charge >= 0.3 is 0 Å². The minimum absolute atomic E-state index is 0.259. The Labute approximate surface area is 171 Å². The molecule has 0 bridgehead atoms. The first-order valence-electron chi connectivity index (χ1n) is 9.71. The third-order valence-electron chi connectivity index (χ3n) is 5.00. The molecule has 6 nitrogen and oxygen atoms in total. The van der Waals surface area contributed by atoms with Crippen molar-refractivity contribution in [2.75, 3.05) is 22.7 Å². The molecule has 1 fully saturated rings. The molecule has 1 saturated heterocycles. The number of nitrogens with zero attached hydrogens (tertiary/aromatic N) is 3. The zero-order valence-corrected chi connectivity index (χ0v) is 17.4. The van der Waals surface area contributed by atoms with Crippen LogP contribution in [0.4, 0.5) is 11.5 Å². The number of benzene rings is 2. The van der Waals surface area contributed by atoms with Crippen molar-refractivity contribution in [2.45, 2.75) is 31.6 Å². The van der Waals surface area contributed by atoms with E-state index in [1.54, 1.807) is 24.3 Å². The molecule has 1 aliphatic rings. The summed E-state index contributed by atoms with van der Waals surface area (Å²) in [7, 11) is -3.67. The van der Waals surface area contributed by atoms with E-state index < -0.39 is 10.0 Å². The standard InChI is InChI=1S/C22H24N4O2S/c1-16-12-17(2)14-20(13-16)29(27,28)25-19-7-5-6-18(15-19)21-8-9-22(24-23-21)26-10-3-4-11-26/h5-9,12-15,25H,3-4,10-11H2,1-2H3. The molecule has 0 saturated carbocycles. The monoisotopic (exact) mass is 408 g/mol. The van der Waals surface area contributed by atoms with E-state index in [2.05, 4.69) is 19.8 Å². The zero-order chi connectivity index (χ0) is 20.4. The van der Waals surface area contributed by atoms with Gasteiger partial charge in [-0.2, -0.15) is 0 Å². The molecule has 1 aromatic heterocycles. The fraction of sp³-hybridized carbons (Fsp3) is 0.273. The van der Waals surface area contributed by atoms with Gasteiger partial charge in [0.15, 0.2) is 5.82 Å². The van der Waals surface area contributed by atoms with Gasteiger partial charge in [0.2, 0.25) is 0 Å². The number of sulfonamides is 1. The van der Waals surface area contributed by atoms with Crippen molar-refractivity contribution >= 4 is 21.5 Å². The second-order valence-corrected chi connectivity index (χ2v) is 9.16. The average molecular weight is 409 g/mol. The van der Waals surface area contributed by atoms with Crippen molar-refractivity contribution in [2.24, 2.45) is 0 Å². The van der Waals surface area contributed by atoms with Crippen LogP contribution in [0.2, 0.25) is 0 Å². The first-order chi connectivity index (χ1) is 13.9. The summed E-state index contributed by atoms with van der Waals surface area (Å²) in [5.74, 6) is 0.887. The Morgan fingerprint density at radius 2 is 1.62 bits per heavy atom. The Morgan fingerprint density at radius 1 is 0.897 bits per heavy atom. The number of hydrogen-bond donors (Lipinski definition) is 1. The van der Waals surface area contributed by atoms with E-state index >= 15 is 0 Å². The Hall–Kier alpha value is -2.93. The molecule has 3 aromatic rings. The number of rotatable bonds is 5. The van der Waals surface area contributed by atoms with Crippen LogP contribution in [0, 0.1) is 13.8 Å². The maximum atomic E-state index is 12.8. The summed E-state index contributed by atoms with van der Waals surface area (Å²) in [6.45, 7) is 5.81. The molecule has 2 heterocycles. The van der Waals surface area contributed by atoms with Gasteiger partial charge in [-0.05, 0) is 74.2 Å². The number of aromatic nitrogens is 2. The van der Waals surface area contributed by atoms with E-state index in [0.29, 0.717) is 11.4 Å². The molecular weight excluding hydrogens is 384 g/mol. The largest absolute Gasteiger partial charge is 0.355 e. The molecule has 0 spiro atoms. The highest BCUT2D eigenvalue weighted by atomic mass is 32.2. The van der Waals surface area contributed by atoms with Crippen molar-refractivity contribution in [3.8, 4) is 11.3 Å². The summed E-state index contributed by atoms with van der Waals surface area (Å²) in [6.07, 6.45) is 2.37. The van der Waals surface area contributed by atoms with Gasteiger partial charge in [-0.25, -0.2) is 8.42 Å². The lowest BCUT2D eigenvalue weighted by atomic mass is 10.1. The first-order valence-corrected chi connectivity index (χ1v) is 11.2. The smallest absolute Gasteiger partial charge is 0.261 e. The van der Waals surface area contributed by atoms with E-state index in [1.807, 2.05) is 44.2 Å². The summed E-state index contributed by atoms with van der Waals surface area (Å²) in [5.41, 5.74) is 3.83. The van der Waals surface area contributed by atoms with Gasteiger partial charge in [0.05, 0.1) is 10.6 Å². The number of anilines is 2. The highest BCUT2D eigenvalue weighted by Crippen LogP contribution is 2.25. The number of hydrogen-bond acceptors (Lipinski definition) is 5. The van der Waals surface area contributed by atoms with Gasteiger partial charge in [-0.15, -0.1) is 10.2 Å². The maximum absolute atomic E-state index is 12.8. The topological polar surface area (TPSA) is 75.2 Å². The molecule has 7 heteroatoms. The quantitative estimate of drug-likeness (QED) is 0.686. The van der Waals surface area contributed by atoms with Crippen molar-refractivity contribution in [1.82, 2.24) is 10.2 Å². The van der Waals surface area contributed by atoms with Crippen molar-refractivity contribution in [3.63, 3.8) is 0 Å². The fourth-order valence-electron chi connectivity index (χ4n) is 3.64. The first kappa shape index (κ1) is 19.4. The lowest BCUT2D eigenvalue weighted by molar-refractivity contribution is 0.601. The van der Waals surface area contributed by atoms with Gasteiger partial charge in [-0.1, -0.05) is 18.2 Å². The average Bonchev–Trinajstić information content (AvgIpc) is 3.22. The zero-order valence-electron chi connectivity index (χ0n) is 16.6. The molecule has 0 aliphatic carbocycles. The van der Waals surface area contributed by atoms with E-state index in [0.717, 1.165) is 35.6 Å². The van der Waals surface area contributed by atoms with Crippen molar-refractivity contribution < 1.29 is 8.42 Å². The SMILES string of the molecule is Cc1cc(C)cc(S(=O)(=O)Nc2cccc(-c3ccc(N4CCCC4)nn3)c2)c1. The number of nitrogens with one attached hydrogen (secondary N) is 1. The predicted molar refractivity (Wildman–Crippen MR) is 116 cm³/mol. The van der Waals surface area contributed by atoms with Crippen LogP contribution in [0.25, 0.3) is 11.3 Å². The Kier molecular flexibility index (Phi) is 5.24. The van der Waals surface area contributed by atoms with Gasteiger partial charge in [-0.3, -0.25) is 4.72 Å². The molecule has 0 radical (unpaired) electrons. The molecule has 4 rings (SSSR count). The Balaban J connectivity index is 1.57.